The van der Waals surface area contributed by atoms with E-state index in [2.05, 4.69) is 0 Å². The molecule has 1 fully saturated rings. The second-order valence-electron chi connectivity index (χ2n) is 6.97. The van der Waals surface area contributed by atoms with Crippen LogP contribution < -0.4 is 0 Å². The van der Waals surface area contributed by atoms with E-state index in [1.807, 2.05) is 24.3 Å². The summed E-state index contributed by atoms with van der Waals surface area (Å²) in [5.41, 5.74) is 1.83. The van der Waals surface area contributed by atoms with Crippen LogP contribution in [0.5, 0.6) is 0 Å². The minimum absolute atomic E-state index is 0.0162. The number of benzene rings is 1. The predicted molar refractivity (Wildman–Crippen MR) is 92.4 cm³/mol. The molecule has 0 radical (unpaired) electrons. The average Bonchev–Trinajstić information content (AvgIpc) is 2.67. The number of aliphatic hydroxyl groups is 1. The lowest BCUT2D eigenvalue weighted by Gasteiger charge is -2.34. The number of allylic oxidation sites excluding steroid dienone is 1. The third kappa shape index (κ3) is 4.83. The van der Waals surface area contributed by atoms with Crippen molar-refractivity contribution in [2.24, 2.45) is 11.8 Å². The Labute approximate surface area is 148 Å². The molecule has 5 heteroatoms. The molecule has 2 aliphatic rings. The summed E-state index contributed by atoms with van der Waals surface area (Å²) < 4.78 is 11.4. The van der Waals surface area contributed by atoms with Gasteiger partial charge in [-0.05, 0) is 41.9 Å². The molecule has 1 aromatic rings. The molecule has 2 atom stereocenters. The number of carboxylic acids is 1. The van der Waals surface area contributed by atoms with Gasteiger partial charge in [0.05, 0.1) is 13.2 Å². The van der Waals surface area contributed by atoms with Crippen LogP contribution in [0.25, 0.3) is 0 Å². The number of ether oxygens (including phenoxy) is 2. The molecule has 0 bridgehead atoms. The molecule has 2 N–H and O–H groups in total. The molecule has 1 aliphatic heterocycles. The summed E-state index contributed by atoms with van der Waals surface area (Å²) in [6.07, 6.45) is 8.00. The van der Waals surface area contributed by atoms with Crippen molar-refractivity contribution in [2.75, 3.05) is 0 Å². The normalized spacial score (nSPS) is 24.4. The van der Waals surface area contributed by atoms with E-state index in [9.17, 15) is 9.90 Å². The molecule has 1 aliphatic carbocycles. The lowest BCUT2D eigenvalue weighted by Crippen LogP contribution is -2.31. The molecule has 1 saturated carbocycles. The second kappa shape index (κ2) is 8.50. The molecular formula is C20H26O5. The molecule has 0 amide bonds. The lowest BCUT2D eigenvalue weighted by atomic mass is 9.77. The van der Waals surface area contributed by atoms with Gasteiger partial charge in [-0.2, -0.15) is 0 Å². The molecule has 0 spiro atoms. The predicted octanol–water partition coefficient (Wildman–Crippen LogP) is 3.61. The van der Waals surface area contributed by atoms with E-state index >= 15 is 0 Å². The number of hydrogen-bond acceptors (Lipinski definition) is 4. The number of aliphatic carboxylic acids is 1. The van der Waals surface area contributed by atoms with Crippen molar-refractivity contribution in [3.8, 4) is 0 Å². The Kier molecular flexibility index (Phi) is 6.10. The third-order valence-electron chi connectivity index (χ3n) is 5.20. The summed E-state index contributed by atoms with van der Waals surface area (Å²) in [4.78, 5) is 11.4. The smallest absolute Gasteiger partial charge is 0.370 e. The van der Waals surface area contributed by atoms with E-state index in [0.717, 1.165) is 24.0 Å². The van der Waals surface area contributed by atoms with Crippen molar-refractivity contribution in [1.82, 2.24) is 0 Å². The SMILES string of the molecule is O=C(O)C1=C[C@H](C2CCCCC2)C[C@H](OCc2ccc(CO)cc2)O1. The van der Waals surface area contributed by atoms with Gasteiger partial charge in [-0.1, -0.05) is 43.5 Å². The summed E-state index contributed by atoms with van der Waals surface area (Å²) in [6, 6.07) is 7.52. The highest BCUT2D eigenvalue weighted by Gasteiger charge is 2.32. The zero-order valence-electron chi connectivity index (χ0n) is 14.4. The summed E-state index contributed by atoms with van der Waals surface area (Å²) >= 11 is 0. The van der Waals surface area contributed by atoms with Crippen LogP contribution in [0.2, 0.25) is 0 Å². The van der Waals surface area contributed by atoms with Gasteiger partial charge in [0.2, 0.25) is 12.0 Å². The van der Waals surface area contributed by atoms with Crippen LogP contribution in [-0.4, -0.2) is 22.5 Å². The lowest BCUT2D eigenvalue weighted by molar-refractivity contribution is -0.164. The highest BCUT2D eigenvalue weighted by atomic mass is 16.7. The van der Waals surface area contributed by atoms with Crippen LogP contribution in [0.4, 0.5) is 0 Å². The maximum atomic E-state index is 11.4. The van der Waals surface area contributed by atoms with E-state index in [0.29, 0.717) is 18.9 Å². The van der Waals surface area contributed by atoms with Gasteiger partial charge in [-0.3, -0.25) is 0 Å². The number of rotatable bonds is 6. The third-order valence-corrected chi connectivity index (χ3v) is 5.20. The molecule has 136 valence electrons. The minimum atomic E-state index is -1.03. The molecule has 1 heterocycles. The van der Waals surface area contributed by atoms with E-state index in [-0.39, 0.29) is 18.3 Å². The summed E-state index contributed by atoms with van der Waals surface area (Å²) in [7, 11) is 0. The van der Waals surface area contributed by atoms with Crippen molar-refractivity contribution in [1.29, 1.82) is 0 Å². The maximum absolute atomic E-state index is 11.4. The molecule has 3 rings (SSSR count). The van der Waals surface area contributed by atoms with Crippen LogP contribution in [0.3, 0.4) is 0 Å². The van der Waals surface area contributed by atoms with E-state index < -0.39 is 12.3 Å². The fraction of sp³-hybridized carbons (Fsp3) is 0.550. The Balaban J connectivity index is 1.62. The van der Waals surface area contributed by atoms with Crippen molar-refractivity contribution >= 4 is 5.97 Å². The van der Waals surface area contributed by atoms with Gasteiger partial charge >= 0.3 is 5.97 Å². The molecule has 0 saturated heterocycles. The fourth-order valence-electron chi connectivity index (χ4n) is 3.76. The zero-order chi connectivity index (χ0) is 17.6. The zero-order valence-corrected chi connectivity index (χ0v) is 14.4. The van der Waals surface area contributed by atoms with Gasteiger partial charge in [0.15, 0.2) is 0 Å². The van der Waals surface area contributed by atoms with Crippen LogP contribution in [0.1, 0.15) is 49.7 Å². The van der Waals surface area contributed by atoms with Crippen LogP contribution in [0, 0.1) is 11.8 Å². The van der Waals surface area contributed by atoms with E-state index in [4.69, 9.17) is 14.6 Å². The first-order valence-electron chi connectivity index (χ1n) is 9.07. The molecule has 25 heavy (non-hydrogen) atoms. The topological polar surface area (TPSA) is 76.0 Å². The summed E-state index contributed by atoms with van der Waals surface area (Å²) in [5, 5.41) is 18.4. The van der Waals surface area contributed by atoms with Gasteiger partial charge < -0.3 is 19.7 Å². The fourth-order valence-corrected chi connectivity index (χ4v) is 3.76. The minimum Gasteiger partial charge on any atom is -0.475 e. The Morgan fingerprint density at radius 2 is 1.80 bits per heavy atom. The molecule has 1 aromatic carbocycles. The number of aliphatic hydroxyl groups excluding tert-OH is 1. The largest absolute Gasteiger partial charge is 0.475 e. The van der Waals surface area contributed by atoms with E-state index in [1.165, 1.54) is 19.3 Å². The standard InChI is InChI=1S/C20H26O5/c21-12-14-6-8-15(9-7-14)13-24-19-11-17(10-18(25-19)20(22)23)16-4-2-1-3-5-16/h6-10,16-17,19,21H,1-5,11-13H2,(H,22,23)/t17-,19+/m0/s1. The average molecular weight is 346 g/mol. The Hall–Kier alpha value is -1.85. The first kappa shape index (κ1) is 18.0. The van der Waals surface area contributed by atoms with Crippen molar-refractivity contribution in [2.45, 2.75) is 58.0 Å². The number of carbonyl (C=O) groups is 1. The maximum Gasteiger partial charge on any atom is 0.370 e. The number of carboxylic acid groups (broad SMARTS) is 1. The van der Waals surface area contributed by atoms with Crippen molar-refractivity contribution < 1.29 is 24.5 Å². The van der Waals surface area contributed by atoms with Gasteiger partial charge in [0, 0.05) is 6.42 Å². The van der Waals surface area contributed by atoms with Gasteiger partial charge in [-0.25, -0.2) is 4.79 Å². The van der Waals surface area contributed by atoms with Crippen molar-refractivity contribution in [3.63, 3.8) is 0 Å². The van der Waals surface area contributed by atoms with Crippen molar-refractivity contribution in [3.05, 3.63) is 47.2 Å². The highest BCUT2D eigenvalue weighted by Crippen LogP contribution is 2.37. The molecule has 0 aromatic heterocycles. The van der Waals surface area contributed by atoms with Crippen LogP contribution >= 0.6 is 0 Å². The Bertz CT molecular complexity index is 601. The summed E-state index contributed by atoms with van der Waals surface area (Å²) in [6.45, 7) is 0.378. The molecular weight excluding hydrogens is 320 g/mol. The monoisotopic (exact) mass is 346 g/mol. The second-order valence-corrected chi connectivity index (χ2v) is 6.97. The first-order chi connectivity index (χ1) is 12.2. The van der Waals surface area contributed by atoms with Gasteiger partial charge in [-0.15, -0.1) is 0 Å². The first-order valence-corrected chi connectivity index (χ1v) is 9.07. The van der Waals surface area contributed by atoms with Crippen LogP contribution in [-0.2, 0) is 27.5 Å². The van der Waals surface area contributed by atoms with Gasteiger partial charge in [0.1, 0.15) is 0 Å². The van der Waals surface area contributed by atoms with E-state index in [1.54, 1.807) is 6.08 Å². The molecule has 0 unspecified atom stereocenters. The van der Waals surface area contributed by atoms with Gasteiger partial charge in [0.25, 0.3) is 0 Å². The van der Waals surface area contributed by atoms with Crippen LogP contribution in [0.15, 0.2) is 36.1 Å². The highest BCUT2D eigenvalue weighted by molar-refractivity contribution is 5.84. The molecule has 5 nitrogen and oxygen atoms in total. The number of hydrogen-bond donors (Lipinski definition) is 2. The Morgan fingerprint density at radius 1 is 1.12 bits per heavy atom. The summed E-state index contributed by atoms with van der Waals surface area (Å²) in [5.74, 6) is -0.271. The Morgan fingerprint density at radius 3 is 2.44 bits per heavy atom. The quantitative estimate of drug-likeness (QED) is 0.823.